The van der Waals surface area contributed by atoms with Gasteiger partial charge in [0.25, 0.3) is 5.91 Å². The van der Waals surface area contributed by atoms with Crippen LogP contribution in [-0.2, 0) is 14.9 Å². The number of amides is 1. The lowest BCUT2D eigenvalue weighted by molar-refractivity contribution is -0.112. The molecular weight excluding hydrogens is 591 g/mol. The Labute approximate surface area is 216 Å². The number of methoxy groups -OCH3 is 1. The molecule has 0 atom stereocenters. The second-order valence-corrected chi connectivity index (χ2v) is 10.2. The summed E-state index contributed by atoms with van der Waals surface area (Å²) in [6.07, 6.45) is 1.37. The first-order valence-electron chi connectivity index (χ1n) is 9.70. The summed E-state index contributed by atoms with van der Waals surface area (Å²) < 4.78 is 36.6. The maximum Gasteiger partial charge on any atom is 0.339 e. The predicted octanol–water partition coefficient (Wildman–Crippen LogP) is 5.58. The number of carbonyl (C=O) groups is 1. The fourth-order valence-corrected chi connectivity index (χ4v) is 4.78. The number of nitrogens with zero attached hydrogens (tertiary/aromatic N) is 1. The Balaban J connectivity index is 1.90. The number of rotatable bonds is 7. The molecule has 0 aliphatic rings. The number of carbonyl (C=O) groups excluding carboxylic acids is 1. The third-order valence-corrected chi connectivity index (χ3v) is 6.82. The van der Waals surface area contributed by atoms with Crippen LogP contribution in [0.15, 0.2) is 71.1 Å². The van der Waals surface area contributed by atoms with Gasteiger partial charge in [0, 0.05) is 10.7 Å². The topological polar surface area (TPSA) is 105 Å². The lowest BCUT2D eigenvalue weighted by Crippen LogP contribution is -2.13. The molecule has 10 heteroatoms. The average molecular weight is 609 g/mol. The molecule has 0 saturated carbocycles. The third-order valence-electron chi connectivity index (χ3n) is 4.53. The van der Waals surface area contributed by atoms with Gasteiger partial charge in [-0.25, -0.2) is 0 Å². The molecule has 174 valence electrons. The Hall–Kier alpha value is -3.07. The van der Waals surface area contributed by atoms with E-state index in [4.69, 9.17) is 20.5 Å². The second kappa shape index (κ2) is 10.9. The highest BCUT2D eigenvalue weighted by Crippen LogP contribution is 2.36. The summed E-state index contributed by atoms with van der Waals surface area (Å²) in [7, 11) is -2.74. The van der Waals surface area contributed by atoms with Gasteiger partial charge in [0.15, 0.2) is 11.5 Å². The molecule has 0 bridgehead atoms. The van der Waals surface area contributed by atoms with E-state index in [-0.39, 0.29) is 22.0 Å². The van der Waals surface area contributed by atoms with Gasteiger partial charge in [0.1, 0.15) is 16.5 Å². The van der Waals surface area contributed by atoms with Gasteiger partial charge in [0.2, 0.25) is 0 Å². The molecule has 0 radical (unpaired) electrons. The highest BCUT2D eigenvalue weighted by atomic mass is 127. The first-order valence-corrected chi connectivity index (χ1v) is 12.6. The molecule has 0 heterocycles. The Morgan fingerprint density at radius 3 is 2.35 bits per heavy atom. The summed E-state index contributed by atoms with van der Waals surface area (Å²) in [4.78, 5) is 12.5. The molecule has 0 saturated heterocycles. The number of anilines is 1. The summed E-state index contributed by atoms with van der Waals surface area (Å²) in [5, 5.41) is 12.6. The van der Waals surface area contributed by atoms with Gasteiger partial charge in [-0.2, -0.15) is 13.7 Å². The summed E-state index contributed by atoms with van der Waals surface area (Å²) in [6.45, 7) is 1.85. The Kier molecular flexibility index (Phi) is 8.19. The Morgan fingerprint density at radius 2 is 1.76 bits per heavy atom. The predicted molar refractivity (Wildman–Crippen MR) is 138 cm³/mol. The lowest BCUT2D eigenvalue weighted by Gasteiger charge is -2.14. The Bertz CT molecular complexity index is 1400. The molecule has 1 N–H and O–H groups in total. The van der Waals surface area contributed by atoms with Gasteiger partial charge in [-0.15, -0.1) is 0 Å². The highest BCUT2D eigenvalue weighted by molar-refractivity contribution is 14.1. The van der Waals surface area contributed by atoms with Crippen molar-refractivity contribution in [2.45, 2.75) is 11.8 Å². The van der Waals surface area contributed by atoms with Crippen LogP contribution in [0.2, 0.25) is 5.02 Å². The molecule has 7 nitrogen and oxygen atoms in total. The van der Waals surface area contributed by atoms with Gasteiger partial charge < -0.3 is 14.2 Å². The number of ether oxygens (including phenoxy) is 1. The van der Waals surface area contributed by atoms with Gasteiger partial charge in [-0.05, 0) is 89.7 Å². The number of hydrogen-bond donors (Lipinski definition) is 1. The van der Waals surface area contributed by atoms with Crippen LogP contribution in [0, 0.1) is 21.8 Å². The largest absolute Gasteiger partial charge is 0.493 e. The minimum atomic E-state index is -4.10. The lowest BCUT2D eigenvalue weighted by atomic mass is 10.1. The zero-order valence-corrected chi connectivity index (χ0v) is 21.7. The summed E-state index contributed by atoms with van der Waals surface area (Å²) in [5.41, 5.74) is 1.68. The minimum absolute atomic E-state index is 0.00458. The second-order valence-electron chi connectivity index (χ2n) is 7.02. The molecule has 1 amide bonds. The molecule has 3 rings (SSSR count). The molecule has 0 spiro atoms. The van der Waals surface area contributed by atoms with E-state index < -0.39 is 16.0 Å². The standard InChI is InChI=1S/C24H18ClIN2O5S/c1-15-3-9-20(10-4-15)34(30,31)33-23-21(26)12-16(13-22(23)32-2)11-17(14-27)24(29)28-19-7-5-18(25)6-8-19/h3-13H,1-2H3,(H,28,29)/b17-11-. The van der Waals surface area contributed by atoms with Gasteiger partial charge >= 0.3 is 10.1 Å². The summed E-state index contributed by atoms with van der Waals surface area (Å²) in [6, 6.07) is 17.6. The van der Waals surface area contributed by atoms with E-state index in [9.17, 15) is 18.5 Å². The number of benzene rings is 3. The van der Waals surface area contributed by atoms with E-state index in [0.717, 1.165) is 5.56 Å². The monoisotopic (exact) mass is 608 g/mol. The normalized spacial score (nSPS) is 11.4. The molecule has 0 aromatic heterocycles. The van der Waals surface area contributed by atoms with Crippen LogP contribution in [-0.4, -0.2) is 21.4 Å². The zero-order valence-electron chi connectivity index (χ0n) is 18.0. The zero-order chi connectivity index (χ0) is 24.9. The van der Waals surface area contributed by atoms with Crippen molar-refractivity contribution < 1.29 is 22.1 Å². The number of hydrogen-bond acceptors (Lipinski definition) is 6. The number of nitriles is 1. The van der Waals surface area contributed by atoms with Gasteiger partial charge in [-0.3, -0.25) is 4.79 Å². The van der Waals surface area contributed by atoms with Crippen LogP contribution in [0.1, 0.15) is 11.1 Å². The average Bonchev–Trinajstić information content (AvgIpc) is 2.80. The highest BCUT2D eigenvalue weighted by Gasteiger charge is 2.22. The van der Waals surface area contributed by atoms with E-state index in [1.807, 2.05) is 35.6 Å². The van der Waals surface area contributed by atoms with E-state index in [2.05, 4.69) is 5.32 Å². The Morgan fingerprint density at radius 1 is 1.12 bits per heavy atom. The molecular formula is C24H18ClIN2O5S. The van der Waals surface area contributed by atoms with Gasteiger partial charge in [0.05, 0.1) is 10.7 Å². The van der Waals surface area contributed by atoms with Crippen molar-refractivity contribution in [3.63, 3.8) is 0 Å². The molecule has 0 fully saturated rings. The molecule has 34 heavy (non-hydrogen) atoms. The maximum atomic E-state index is 12.7. The van der Waals surface area contributed by atoms with Crippen LogP contribution in [0.5, 0.6) is 11.5 Å². The quantitative estimate of drug-likeness (QED) is 0.163. The summed E-state index contributed by atoms with van der Waals surface area (Å²) >= 11 is 7.75. The van der Waals surface area contributed by atoms with Crippen molar-refractivity contribution in [3.8, 4) is 17.6 Å². The van der Waals surface area contributed by atoms with Crippen LogP contribution in [0.4, 0.5) is 5.69 Å². The number of halogens is 2. The maximum absolute atomic E-state index is 12.7. The fraction of sp³-hybridized carbons (Fsp3) is 0.0833. The smallest absolute Gasteiger partial charge is 0.339 e. The summed E-state index contributed by atoms with van der Waals surface area (Å²) in [5.74, 6) is -0.477. The first kappa shape index (κ1) is 25.6. The SMILES string of the molecule is COc1cc(/C=C(/C#N)C(=O)Nc2ccc(Cl)cc2)cc(I)c1OS(=O)(=O)c1ccc(C)cc1. The first-order chi connectivity index (χ1) is 16.1. The van der Waals surface area contributed by atoms with Crippen molar-refractivity contribution >= 4 is 62.0 Å². The molecule has 3 aromatic carbocycles. The van der Waals surface area contributed by atoms with E-state index in [0.29, 0.717) is 19.8 Å². The molecule has 0 unspecified atom stereocenters. The minimum Gasteiger partial charge on any atom is -0.493 e. The fourth-order valence-electron chi connectivity index (χ4n) is 2.81. The van der Waals surface area contributed by atoms with E-state index in [1.54, 1.807) is 42.5 Å². The van der Waals surface area contributed by atoms with Crippen molar-refractivity contribution in [2.75, 3.05) is 12.4 Å². The van der Waals surface area contributed by atoms with Crippen molar-refractivity contribution in [3.05, 3.63) is 86.0 Å². The number of aryl methyl sites for hydroxylation is 1. The van der Waals surface area contributed by atoms with Crippen LogP contribution >= 0.6 is 34.2 Å². The van der Waals surface area contributed by atoms with E-state index in [1.165, 1.54) is 31.4 Å². The van der Waals surface area contributed by atoms with Crippen molar-refractivity contribution in [1.29, 1.82) is 5.26 Å². The van der Waals surface area contributed by atoms with Gasteiger partial charge in [-0.1, -0.05) is 29.3 Å². The third kappa shape index (κ3) is 6.28. The van der Waals surface area contributed by atoms with Crippen molar-refractivity contribution in [1.82, 2.24) is 0 Å². The van der Waals surface area contributed by atoms with Crippen LogP contribution in [0.3, 0.4) is 0 Å². The van der Waals surface area contributed by atoms with E-state index >= 15 is 0 Å². The number of nitrogens with one attached hydrogen (secondary N) is 1. The molecule has 3 aromatic rings. The molecule has 0 aliphatic carbocycles. The van der Waals surface area contributed by atoms with Crippen LogP contribution in [0.25, 0.3) is 6.08 Å². The molecule has 0 aliphatic heterocycles. The van der Waals surface area contributed by atoms with Crippen molar-refractivity contribution in [2.24, 2.45) is 0 Å². The van der Waals surface area contributed by atoms with Crippen LogP contribution < -0.4 is 14.2 Å².